The number of rotatable bonds is 10. The van der Waals surface area contributed by atoms with Gasteiger partial charge in [0.25, 0.3) is 0 Å². The maximum atomic E-state index is 13.0. The first-order valence-corrected chi connectivity index (χ1v) is 10.4. The average Bonchev–Trinajstić information content (AvgIpc) is 2.80. The Morgan fingerprint density at radius 1 is 0.806 bits per heavy atom. The first kappa shape index (κ1) is 22.2. The standard InChI is InChI=1S/C26H28N2O3/c1-31-26(30)20-28(18-22-13-7-3-8-14-22)19-25(29)27-24(23-15-9-4-10-16-23)17-21-11-5-2-6-12-21/h2-16,24H,17-20H2,1H3,(H,27,29). The largest absolute Gasteiger partial charge is 0.468 e. The number of amides is 1. The summed E-state index contributed by atoms with van der Waals surface area (Å²) in [5.74, 6) is -0.503. The molecule has 0 radical (unpaired) electrons. The molecular weight excluding hydrogens is 388 g/mol. The lowest BCUT2D eigenvalue weighted by atomic mass is 9.99. The van der Waals surface area contributed by atoms with Crippen molar-refractivity contribution in [2.24, 2.45) is 0 Å². The van der Waals surface area contributed by atoms with Crippen molar-refractivity contribution in [3.05, 3.63) is 108 Å². The van der Waals surface area contributed by atoms with E-state index in [9.17, 15) is 9.59 Å². The Labute approximate surface area is 183 Å². The summed E-state index contributed by atoms with van der Waals surface area (Å²) in [5.41, 5.74) is 3.22. The molecule has 3 rings (SSSR count). The molecule has 0 spiro atoms. The number of nitrogens with one attached hydrogen (secondary N) is 1. The van der Waals surface area contributed by atoms with E-state index in [2.05, 4.69) is 17.4 Å². The first-order valence-electron chi connectivity index (χ1n) is 10.4. The number of carbonyl (C=O) groups is 2. The predicted molar refractivity (Wildman–Crippen MR) is 121 cm³/mol. The second kappa shape index (κ2) is 11.7. The third-order valence-electron chi connectivity index (χ3n) is 5.02. The monoisotopic (exact) mass is 416 g/mol. The minimum atomic E-state index is -0.368. The third-order valence-corrected chi connectivity index (χ3v) is 5.02. The van der Waals surface area contributed by atoms with Crippen LogP contribution in [0.2, 0.25) is 0 Å². The number of hydrogen-bond donors (Lipinski definition) is 1. The maximum absolute atomic E-state index is 13.0. The van der Waals surface area contributed by atoms with Gasteiger partial charge in [-0.3, -0.25) is 14.5 Å². The van der Waals surface area contributed by atoms with Crippen molar-refractivity contribution < 1.29 is 14.3 Å². The summed E-state index contributed by atoms with van der Waals surface area (Å²) in [6.45, 7) is 0.633. The van der Waals surface area contributed by atoms with E-state index in [1.54, 1.807) is 4.90 Å². The second-order valence-electron chi connectivity index (χ2n) is 7.43. The van der Waals surface area contributed by atoms with Crippen molar-refractivity contribution in [1.82, 2.24) is 10.2 Å². The molecular formula is C26H28N2O3. The predicted octanol–water partition coefficient (Wildman–Crippen LogP) is 3.76. The zero-order valence-electron chi connectivity index (χ0n) is 17.7. The number of carbonyl (C=O) groups excluding carboxylic acids is 2. The number of esters is 1. The van der Waals surface area contributed by atoms with E-state index in [4.69, 9.17) is 4.74 Å². The summed E-state index contributed by atoms with van der Waals surface area (Å²) in [5, 5.41) is 3.16. The van der Waals surface area contributed by atoms with Crippen molar-refractivity contribution >= 4 is 11.9 Å². The third kappa shape index (κ3) is 7.39. The molecule has 1 atom stereocenters. The molecule has 0 bridgehead atoms. The maximum Gasteiger partial charge on any atom is 0.319 e. The van der Waals surface area contributed by atoms with Gasteiger partial charge in [0.1, 0.15) is 0 Å². The molecule has 0 heterocycles. The molecule has 0 saturated heterocycles. The molecule has 31 heavy (non-hydrogen) atoms. The Hall–Kier alpha value is -3.44. The van der Waals surface area contributed by atoms with Gasteiger partial charge in [-0.1, -0.05) is 91.0 Å². The summed E-state index contributed by atoms with van der Waals surface area (Å²) in [6, 6.07) is 29.6. The van der Waals surface area contributed by atoms with E-state index >= 15 is 0 Å². The SMILES string of the molecule is COC(=O)CN(CC(=O)NC(Cc1ccccc1)c1ccccc1)Cc1ccccc1. The minimum Gasteiger partial charge on any atom is -0.468 e. The second-order valence-corrected chi connectivity index (χ2v) is 7.43. The lowest BCUT2D eigenvalue weighted by Crippen LogP contribution is -2.41. The van der Waals surface area contributed by atoms with E-state index in [1.807, 2.05) is 78.9 Å². The highest BCUT2D eigenvalue weighted by Gasteiger charge is 2.19. The highest BCUT2D eigenvalue weighted by Crippen LogP contribution is 2.18. The Bertz CT molecular complexity index is 946. The van der Waals surface area contributed by atoms with Crippen LogP contribution in [0.1, 0.15) is 22.7 Å². The molecule has 0 aliphatic carbocycles. The quantitative estimate of drug-likeness (QED) is 0.511. The van der Waals surface area contributed by atoms with Crippen LogP contribution in [-0.4, -0.2) is 37.0 Å². The summed E-state index contributed by atoms with van der Waals surface area (Å²) in [7, 11) is 1.36. The van der Waals surface area contributed by atoms with E-state index in [0.29, 0.717) is 13.0 Å². The van der Waals surface area contributed by atoms with Crippen LogP contribution < -0.4 is 5.32 Å². The van der Waals surface area contributed by atoms with Gasteiger partial charge in [0.05, 0.1) is 26.2 Å². The van der Waals surface area contributed by atoms with Crippen molar-refractivity contribution in [3.8, 4) is 0 Å². The summed E-state index contributed by atoms with van der Waals surface area (Å²) < 4.78 is 4.82. The van der Waals surface area contributed by atoms with Gasteiger partial charge < -0.3 is 10.1 Å². The molecule has 5 nitrogen and oxygen atoms in total. The Morgan fingerprint density at radius 2 is 1.35 bits per heavy atom. The Morgan fingerprint density at radius 3 is 1.94 bits per heavy atom. The molecule has 1 amide bonds. The molecule has 160 valence electrons. The van der Waals surface area contributed by atoms with Crippen LogP contribution in [0.25, 0.3) is 0 Å². The Balaban J connectivity index is 1.71. The fourth-order valence-corrected chi connectivity index (χ4v) is 3.49. The van der Waals surface area contributed by atoms with Gasteiger partial charge in [0.15, 0.2) is 0 Å². The number of ether oxygens (including phenoxy) is 1. The fraction of sp³-hybridized carbons (Fsp3) is 0.231. The van der Waals surface area contributed by atoms with E-state index < -0.39 is 0 Å². The van der Waals surface area contributed by atoms with Gasteiger partial charge in [-0.05, 0) is 23.1 Å². The molecule has 5 heteroatoms. The van der Waals surface area contributed by atoms with Crippen LogP contribution >= 0.6 is 0 Å². The zero-order valence-corrected chi connectivity index (χ0v) is 17.7. The van der Waals surface area contributed by atoms with Gasteiger partial charge >= 0.3 is 5.97 Å². The van der Waals surface area contributed by atoms with E-state index in [1.165, 1.54) is 7.11 Å². The van der Waals surface area contributed by atoms with Crippen molar-refractivity contribution in [1.29, 1.82) is 0 Å². The Kier molecular flexibility index (Phi) is 8.38. The fourth-order valence-electron chi connectivity index (χ4n) is 3.49. The van der Waals surface area contributed by atoms with Gasteiger partial charge in [0, 0.05) is 6.54 Å². The van der Waals surface area contributed by atoms with Crippen LogP contribution in [-0.2, 0) is 27.3 Å². The lowest BCUT2D eigenvalue weighted by Gasteiger charge is -2.24. The van der Waals surface area contributed by atoms with Crippen LogP contribution in [0.15, 0.2) is 91.0 Å². The van der Waals surface area contributed by atoms with Crippen LogP contribution in [0, 0.1) is 0 Å². The molecule has 0 aliphatic heterocycles. The number of hydrogen-bond acceptors (Lipinski definition) is 4. The van der Waals surface area contributed by atoms with Crippen molar-refractivity contribution in [2.45, 2.75) is 19.0 Å². The van der Waals surface area contributed by atoms with Gasteiger partial charge in [0.2, 0.25) is 5.91 Å². The average molecular weight is 417 g/mol. The normalized spacial score (nSPS) is 11.7. The highest BCUT2D eigenvalue weighted by molar-refractivity contribution is 5.79. The zero-order chi connectivity index (χ0) is 21.9. The van der Waals surface area contributed by atoms with Crippen molar-refractivity contribution in [2.75, 3.05) is 20.2 Å². The topological polar surface area (TPSA) is 58.6 Å². The van der Waals surface area contributed by atoms with Gasteiger partial charge in [-0.25, -0.2) is 0 Å². The van der Waals surface area contributed by atoms with Crippen molar-refractivity contribution in [3.63, 3.8) is 0 Å². The molecule has 1 unspecified atom stereocenters. The minimum absolute atomic E-state index is 0.0491. The molecule has 0 saturated carbocycles. The molecule has 0 aromatic heterocycles. The molecule has 3 aromatic carbocycles. The number of methoxy groups -OCH3 is 1. The van der Waals surface area contributed by atoms with Gasteiger partial charge in [-0.15, -0.1) is 0 Å². The summed E-state index contributed by atoms with van der Waals surface area (Å²) in [6.07, 6.45) is 0.687. The molecule has 0 aliphatic rings. The summed E-state index contributed by atoms with van der Waals surface area (Å²) >= 11 is 0. The smallest absolute Gasteiger partial charge is 0.319 e. The highest BCUT2D eigenvalue weighted by atomic mass is 16.5. The van der Waals surface area contributed by atoms with Crippen LogP contribution in [0.5, 0.6) is 0 Å². The first-order chi connectivity index (χ1) is 15.1. The van der Waals surface area contributed by atoms with Crippen LogP contribution in [0.4, 0.5) is 0 Å². The molecule has 1 N–H and O–H groups in total. The molecule has 3 aromatic rings. The lowest BCUT2D eigenvalue weighted by molar-refractivity contribution is -0.142. The molecule has 0 fully saturated rings. The van der Waals surface area contributed by atoms with Gasteiger partial charge in [-0.2, -0.15) is 0 Å². The van der Waals surface area contributed by atoms with E-state index in [-0.39, 0.29) is 31.0 Å². The summed E-state index contributed by atoms with van der Waals surface area (Å²) in [4.78, 5) is 26.7. The van der Waals surface area contributed by atoms with E-state index in [0.717, 1.165) is 16.7 Å². The van der Waals surface area contributed by atoms with Crippen LogP contribution in [0.3, 0.4) is 0 Å². The number of nitrogens with zero attached hydrogens (tertiary/aromatic N) is 1. The number of benzene rings is 3.